The van der Waals surface area contributed by atoms with Gasteiger partial charge in [-0.2, -0.15) is 0 Å². The Labute approximate surface area is 163 Å². The summed E-state index contributed by atoms with van der Waals surface area (Å²) in [4.78, 5) is 13.1. The molecule has 148 valence electrons. The predicted octanol–water partition coefficient (Wildman–Crippen LogP) is 5.03. The molecule has 1 aromatic heterocycles. The molecule has 1 N–H and O–H groups in total. The Kier molecular flexibility index (Phi) is 5.83. The third-order valence-corrected chi connectivity index (χ3v) is 5.69. The third kappa shape index (κ3) is 4.15. The van der Waals surface area contributed by atoms with Crippen molar-refractivity contribution < 1.29 is 9.53 Å². The largest absolute Gasteiger partial charge is 0.497 e. The summed E-state index contributed by atoms with van der Waals surface area (Å²) in [5.41, 5.74) is 4.14. The maximum atomic E-state index is 13.1. The SMILES string of the molecule is CCC(C(=O)NCCC(C)(C)C)n1c2c(c3ccc(OC)cc31)CCCC2. The number of ether oxygens (including phenoxy) is 1. The average molecular weight is 371 g/mol. The van der Waals surface area contributed by atoms with Crippen molar-refractivity contribution >= 4 is 16.8 Å². The lowest BCUT2D eigenvalue weighted by atomic mass is 9.92. The number of hydrogen-bond donors (Lipinski definition) is 1. The van der Waals surface area contributed by atoms with E-state index in [0.717, 1.165) is 43.5 Å². The van der Waals surface area contributed by atoms with Gasteiger partial charge in [0.1, 0.15) is 11.8 Å². The van der Waals surface area contributed by atoms with Crippen LogP contribution in [0.5, 0.6) is 5.75 Å². The molecule has 27 heavy (non-hydrogen) atoms. The molecule has 1 amide bonds. The summed E-state index contributed by atoms with van der Waals surface area (Å²) in [6, 6.07) is 6.13. The summed E-state index contributed by atoms with van der Waals surface area (Å²) in [5, 5.41) is 4.47. The van der Waals surface area contributed by atoms with E-state index in [4.69, 9.17) is 4.74 Å². The molecule has 1 aliphatic rings. The molecule has 4 nitrogen and oxygen atoms in total. The van der Waals surface area contributed by atoms with E-state index in [1.807, 2.05) is 6.07 Å². The minimum absolute atomic E-state index is 0.134. The molecule has 4 heteroatoms. The van der Waals surface area contributed by atoms with E-state index in [0.29, 0.717) is 0 Å². The van der Waals surface area contributed by atoms with Crippen molar-refractivity contribution in [3.63, 3.8) is 0 Å². The molecule has 0 fully saturated rings. The molecule has 2 aromatic rings. The Bertz CT molecular complexity index is 814. The van der Waals surface area contributed by atoms with Crippen LogP contribution >= 0.6 is 0 Å². The van der Waals surface area contributed by atoms with Gasteiger partial charge in [0.15, 0.2) is 0 Å². The molecule has 1 heterocycles. The van der Waals surface area contributed by atoms with Crippen molar-refractivity contribution in [2.45, 2.75) is 72.3 Å². The summed E-state index contributed by atoms with van der Waals surface area (Å²) in [6.45, 7) is 9.45. The van der Waals surface area contributed by atoms with Crippen LogP contribution in [0.3, 0.4) is 0 Å². The Morgan fingerprint density at radius 1 is 1.26 bits per heavy atom. The number of amides is 1. The summed E-state index contributed by atoms with van der Waals surface area (Å²) in [5.74, 6) is 0.983. The maximum absolute atomic E-state index is 13.1. The normalized spacial score (nSPS) is 15.4. The fraction of sp³-hybridized carbons (Fsp3) is 0.609. The maximum Gasteiger partial charge on any atom is 0.243 e. The van der Waals surface area contributed by atoms with Gasteiger partial charge in [0.2, 0.25) is 5.91 Å². The molecular formula is C23H34N2O2. The first-order valence-corrected chi connectivity index (χ1v) is 10.3. The number of benzene rings is 1. The van der Waals surface area contributed by atoms with Crippen LogP contribution in [0.15, 0.2) is 18.2 Å². The van der Waals surface area contributed by atoms with Gasteiger partial charge in [-0.1, -0.05) is 27.7 Å². The first-order chi connectivity index (χ1) is 12.9. The molecule has 1 aliphatic carbocycles. The fourth-order valence-electron chi connectivity index (χ4n) is 4.20. The molecule has 0 spiro atoms. The average Bonchev–Trinajstić information content (AvgIpc) is 2.95. The molecule has 0 bridgehead atoms. The van der Waals surface area contributed by atoms with Gasteiger partial charge >= 0.3 is 0 Å². The Hall–Kier alpha value is -1.97. The van der Waals surface area contributed by atoms with Crippen LogP contribution in [-0.2, 0) is 17.6 Å². The van der Waals surface area contributed by atoms with Crippen LogP contribution in [-0.4, -0.2) is 24.1 Å². The van der Waals surface area contributed by atoms with Crippen LogP contribution in [0, 0.1) is 5.41 Å². The highest BCUT2D eigenvalue weighted by atomic mass is 16.5. The minimum Gasteiger partial charge on any atom is -0.497 e. The van der Waals surface area contributed by atoms with Gasteiger partial charge < -0.3 is 14.6 Å². The molecule has 0 aliphatic heterocycles. The lowest BCUT2D eigenvalue weighted by molar-refractivity contribution is -0.124. The summed E-state index contributed by atoms with van der Waals surface area (Å²) < 4.78 is 7.78. The number of hydrogen-bond acceptors (Lipinski definition) is 2. The van der Waals surface area contributed by atoms with Gasteiger partial charge in [-0.25, -0.2) is 0 Å². The second-order valence-electron chi connectivity index (χ2n) is 8.91. The van der Waals surface area contributed by atoms with Crippen molar-refractivity contribution in [1.29, 1.82) is 0 Å². The van der Waals surface area contributed by atoms with Crippen LogP contribution in [0.4, 0.5) is 0 Å². The van der Waals surface area contributed by atoms with Gasteiger partial charge in [-0.05, 0) is 61.6 Å². The topological polar surface area (TPSA) is 43.3 Å². The number of fused-ring (bicyclic) bond motifs is 3. The first-order valence-electron chi connectivity index (χ1n) is 10.3. The number of nitrogens with zero attached hydrogens (tertiary/aromatic N) is 1. The van der Waals surface area contributed by atoms with Gasteiger partial charge in [-0.15, -0.1) is 0 Å². The Morgan fingerprint density at radius 2 is 2.00 bits per heavy atom. The zero-order valence-electron chi connectivity index (χ0n) is 17.5. The molecule has 0 saturated carbocycles. The lowest BCUT2D eigenvalue weighted by Crippen LogP contribution is -2.35. The predicted molar refractivity (Wildman–Crippen MR) is 112 cm³/mol. The second-order valence-corrected chi connectivity index (χ2v) is 8.91. The van der Waals surface area contributed by atoms with Gasteiger partial charge in [-0.3, -0.25) is 4.79 Å². The van der Waals surface area contributed by atoms with E-state index < -0.39 is 0 Å². The van der Waals surface area contributed by atoms with E-state index in [2.05, 4.69) is 49.7 Å². The van der Waals surface area contributed by atoms with Crippen molar-refractivity contribution in [2.75, 3.05) is 13.7 Å². The highest BCUT2D eigenvalue weighted by Crippen LogP contribution is 2.37. The number of aryl methyl sites for hydroxylation is 1. The number of nitrogens with one attached hydrogen (secondary N) is 1. The highest BCUT2D eigenvalue weighted by Gasteiger charge is 2.28. The number of carbonyl (C=O) groups is 1. The summed E-state index contributed by atoms with van der Waals surface area (Å²) >= 11 is 0. The molecule has 3 rings (SSSR count). The van der Waals surface area contributed by atoms with Crippen molar-refractivity contribution in [3.8, 4) is 5.75 Å². The molecular weight excluding hydrogens is 336 g/mol. The summed E-state index contributed by atoms with van der Waals surface area (Å²) in [6.07, 6.45) is 6.35. The zero-order valence-corrected chi connectivity index (χ0v) is 17.5. The Balaban J connectivity index is 1.98. The molecule has 0 saturated heterocycles. The highest BCUT2D eigenvalue weighted by molar-refractivity contribution is 5.90. The first kappa shape index (κ1) is 19.8. The van der Waals surface area contributed by atoms with Gasteiger partial charge in [0, 0.05) is 23.7 Å². The second kappa shape index (κ2) is 7.95. The monoisotopic (exact) mass is 370 g/mol. The smallest absolute Gasteiger partial charge is 0.243 e. The number of carbonyl (C=O) groups excluding carboxylic acids is 1. The van der Waals surface area contributed by atoms with Gasteiger partial charge in [0.25, 0.3) is 0 Å². The van der Waals surface area contributed by atoms with E-state index in [9.17, 15) is 4.79 Å². The van der Waals surface area contributed by atoms with Crippen LogP contribution in [0.1, 0.15) is 70.7 Å². The lowest BCUT2D eigenvalue weighted by Gasteiger charge is -2.24. The number of aromatic nitrogens is 1. The van der Waals surface area contributed by atoms with E-state index in [1.54, 1.807) is 7.11 Å². The molecule has 1 atom stereocenters. The van der Waals surface area contributed by atoms with E-state index in [-0.39, 0.29) is 17.4 Å². The number of methoxy groups -OCH3 is 1. The zero-order chi connectivity index (χ0) is 19.6. The van der Waals surface area contributed by atoms with Crippen LogP contribution in [0.2, 0.25) is 0 Å². The van der Waals surface area contributed by atoms with Crippen LogP contribution < -0.4 is 10.1 Å². The van der Waals surface area contributed by atoms with Gasteiger partial charge in [0.05, 0.1) is 12.6 Å². The van der Waals surface area contributed by atoms with E-state index in [1.165, 1.54) is 29.5 Å². The van der Waals surface area contributed by atoms with Crippen molar-refractivity contribution in [1.82, 2.24) is 9.88 Å². The quantitative estimate of drug-likeness (QED) is 0.775. The molecule has 1 aromatic carbocycles. The standard InChI is InChI=1S/C23H34N2O2/c1-6-19(22(26)24-14-13-23(2,3)4)25-20-10-8-7-9-17(20)18-12-11-16(27-5)15-21(18)25/h11-12,15,19H,6-10,13-14H2,1-5H3,(H,24,26). The molecule has 0 radical (unpaired) electrons. The fourth-order valence-corrected chi connectivity index (χ4v) is 4.20. The summed E-state index contributed by atoms with van der Waals surface area (Å²) in [7, 11) is 1.70. The minimum atomic E-state index is -0.165. The van der Waals surface area contributed by atoms with E-state index >= 15 is 0 Å². The van der Waals surface area contributed by atoms with Crippen molar-refractivity contribution in [2.24, 2.45) is 5.41 Å². The van der Waals surface area contributed by atoms with Crippen LogP contribution in [0.25, 0.3) is 10.9 Å². The Morgan fingerprint density at radius 3 is 2.67 bits per heavy atom. The third-order valence-electron chi connectivity index (χ3n) is 5.69. The molecule has 1 unspecified atom stereocenters. The van der Waals surface area contributed by atoms with Crippen molar-refractivity contribution in [3.05, 3.63) is 29.5 Å². The number of rotatable bonds is 6.